The summed E-state index contributed by atoms with van der Waals surface area (Å²) in [4.78, 5) is 0. The van der Waals surface area contributed by atoms with Gasteiger partial charge in [0.05, 0.1) is 0 Å². The van der Waals surface area contributed by atoms with Crippen molar-refractivity contribution in [1.29, 1.82) is 0 Å². The Labute approximate surface area is 573 Å². The van der Waals surface area contributed by atoms with Gasteiger partial charge in [-0.15, -0.1) is 0 Å². The van der Waals surface area contributed by atoms with Gasteiger partial charge in [-0.1, -0.05) is 234 Å². The summed E-state index contributed by atoms with van der Waals surface area (Å²) < 4.78 is 60.3. The Bertz CT molecular complexity index is 3840. The lowest BCUT2D eigenvalue weighted by Gasteiger charge is -2.30. The predicted molar refractivity (Wildman–Crippen MR) is 390 cm³/mol. The van der Waals surface area contributed by atoms with Crippen LogP contribution < -0.4 is 37.9 Å². The van der Waals surface area contributed by atoms with Gasteiger partial charge in [0.2, 0.25) is 0 Å². The number of para-hydroxylation sites is 2. The molecule has 504 valence electrons. The molecule has 6 aliphatic rings. The van der Waals surface area contributed by atoms with Gasteiger partial charge in [-0.3, -0.25) is 0 Å². The van der Waals surface area contributed by atoms with E-state index >= 15 is 0 Å². The lowest BCUT2D eigenvalue weighted by Crippen LogP contribution is -2.21. The van der Waals surface area contributed by atoms with Crippen molar-refractivity contribution < 1.29 is 37.9 Å². The first-order chi connectivity index (χ1) is 45.3. The molecule has 0 radical (unpaired) electrons. The molecule has 0 aromatic heterocycles. The van der Waals surface area contributed by atoms with Crippen LogP contribution in [0.25, 0.3) is 0 Å². The Morgan fingerprint density at radius 2 is 0.292 bits per heavy atom. The van der Waals surface area contributed by atoms with E-state index in [1.54, 1.807) is 0 Å². The lowest BCUT2D eigenvalue weighted by molar-refractivity contribution is 0.207. The van der Waals surface area contributed by atoms with Crippen LogP contribution in [0.1, 0.15) is 247 Å². The molecule has 4 heterocycles. The van der Waals surface area contributed by atoms with Crippen LogP contribution in [0.15, 0.2) is 109 Å². The van der Waals surface area contributed by atoms with Crippen molar-refractivity contribution in [2.45, 2.75) is 208 Å². The highest BCUT2D eigenvalue weighted by Gasteiger charge is 2.33. The first-order valence-corrected chi connectivity index (χ1v) is 35.5. The summed E-state index contributed by atoms with van der Waals surface area (Å²) in [6.45, 7) is 44.1. The molecule has 8 aromatic carbocycles. The average molecular weight is 1290 g/mol. The Kier molecular flexibility index (Phi) is 17.5. The van der Waals surface area contributed by atoms with Gasteiger partial charge in [0, 0.05) is 51.4 Å². The zero-order valence-corrected chi connectivity index (χ0v) is 61.0. The van der Waals surface area contributed by atoms with Crippen molar-refractivity contribution in [2.24, 2.45) is 0 Å². The SMILES string of the molecule is CC(C)(C)c1cc2c3c(c1)Cc1cc(C(C)(C)C)cc4c1OCCOc1c5cc(C(C)(C)C)cc1Cc1cccc6c1OCCOc1c(cc(C(C)(C)C)cc1C4)Cc1cc(C(C)(C)C)cc(c1OCCOc1c(cc(C(C)(C)C)cc1C6)Cc1cccc(c1OCCO3)C5)C2. The maximum Gasteiger partial charge on any atom is 0.126 e. The first-order valence-electron chi connectivity index (χ1n) is 35.5. The summed E-state index contributed by atoms with van der Waals surface area (Å²) in [5, 5.41) is 0. The van der Waals surface area contributed by atoms with Crippen LogP contribution in [0.4, 0.5) is 0 Å². The van der Waals surface area contributed by atoms with E-state index in [4.69, 9.17) is 37.9 Å². The number of fused-ring (bicyclic) bond motifs is 12. The highest BCUT2D eigenvalue weighted by molar-refractivity contribution is 5.63. The highest BCUT2D eigenvalue weighted by Crippen LogP contribution is 2.48. The minimum Gasteiger partial charge on any atom is -0.489 e. The summed E-state index contributed by atoms with van der Waals surface area (Å²) in [7, 11) is 0. The smallest absolute Gasteiger partial charge is 0.126 e. The zero-order chi connectivity index (χ0) is 68.0. The van der Waals surface area contributed by atoms with Crippen molar-refractivity contribution >= 4 is 0 Å². The van der Waals surface area contributed by atoms with Crippen molar-refractivity contribution in [3.8, 4) is 46.0 Å². The average Bonchev–Trinajstić information content (AvgIpc) is 0.768. The third-order valence-electron chi connectivity index (χ3n) is 20.4. The molecule has 8 heteroatoms. The van der Waals surface area contributed by atoms with Crippen LogP contribution in [-0.4, -0.2) is 52.9 Å². The van der Waals surface area contributed by atoms with Gasteiger partial charge in [-0.2, -0.15) is 0 Å². The van der Waals surface area contributed by atoms with Gasteiger partial charge < -0.3 is 37.9 Å². The maximum atomic E-state index is 7.59. The van der Waals surface area contributed by atoms with E-state index in [1.165, 1.54) is 33.4 Å². The number of hydrogen-bond donors (Lipinski definition) is 0. The third kappa shape index (κ3) is 13.9. The second-order valence-corrected chi connectivity index (χ2v) is 34.3. The Morgan fingerprint density at radius 3 is 0.417 bits per heavy atom. The number of benzene rings is 8. The third-order valence-corrected chi connectivity index (χ3v) is 20.4. The molecule has 0 amide bonds. The van der Waals surface area contributed by atoms with E-state index < -0.39 is 0 Å². The standard InChI is InChI=1S/C88H104O8/c1-83(2,3)69-41-57-33-53-21-19-23-55-35-59-43-70(84(4,5)6)44-60-36-56-24-20-22-54-34-58(42-69)77(57)91-29-31-95-81-65-37-61-45-71(85(7,8)9)47-63(79(61)93-27-25-89-75(53)55)39-67-51-74(88(16,17)18)52-68(82(67)96-32-30-92-78(59)60)40-64-48-72(86(10,11)12)46-62(80(64)94-28-26-90-76(54)56)38-66(81)50-73(49-65)87(13,14)15/h19-24,41-52H,25-40H2,1-18H3. The minimum absolute atomic E-state index is 0.198. The van der Waals surface area contributed by atoms with E-state index in [1.807, 2.05) is 0 Å². The summed E-state index contributed by atoms with van der Waals surface area (Å²) >= 11 is 0. The minimum atomic E-state index is -0.220. The Balaban J connectivity index is 1.19. The number of ether oxygens (including phenoxy) is 8. The summed E-state index contributed by atoms with van der Waals surface area (Å²) in [6, 6.07) is 42.3. The Hall–Kier alpha value is -7.84. The van der Waals surface area contributed by atoms with Gasteiger partial charge in [0.15, 0.2) is 0 Å². The van der Waals surface area contributed by atoms with Gasteiger partial charge in [0.25, 0.3) is 0 Å². The predicted octanol–water partition coefficient (Wildman–Crippen LogP) is 19.6. The van der Waals surface area contributed by atoms with Crippen molar-refractivity contribution in [3.63, 3.8) is 0 Å². The van der Waals surface area contributed by atoms with Crippen molar-refractivity contribution in [1.82, 2.24) is 0 Å². The van der Waals surface area contributed by atoms with Gasteiger partial charge >= 0.3 is 0 Å². The fourth-order valence-corrected chi connectivity index (χ4v) is 14.8. The molecule has 24 bridgehead atoms. The number of rotatable bonds is 0. The molecule has 0 fully saturated rings. The normalized spacial score (nSPS) is 16.0. The van der Waals surface area contributed by atoms with Gasteiger partial charge in [-0.05, 0) is 155 Å². The van der Waals surface area contributed by atoms with Gasteiger partial charge in [-0.25, -0.2) is 0 Å². The fraction of sp³-hybridized carbons (Fsp3) is 0.455. The van der Waals surface area contributed by atoms with E-state index in [9.17, 15) is 0 Å². The fourth-order valence-electron chi connectivity index (χ4n) is 14.8. The van der Waals surface area contributed by atoms with Crippen LogP contribution in [0.5, 0.6) is 46.0 Å². The van der Waals surface area contributed by atoms with Crippen LogP contribution in [0.3, 0.4) is 0 Å². The largest absolute Gasteiger partial charge is 0.489 e. The molecular formula is C88H104O8. The quantitative estimate of drug-likeness (QED) is 0.149. The topological polar surface area (TPSA) is 73.8 Å². The Morgan fingerprint density at radius 1 is 0.177 bits per heavy atom. The van der Waals surface area contributed by atoms with E-state index in [2.05, 4.69) is 234 Å². The van der Waals surface area contributed by atoms with Crippen molar-refractivity contribution in [3.05, 3.63) is 232 Å². The van der Waals surface area contributed by atoms with E-state index in [-0.39, 0.29) is 32.5 Å². The molecule has 4 aliphatic heterocycles. The number of hydrogen-bond acceptors (Lipinski definition) is 8. The molecule has 96 heavy (non-hydrogen) atoms. The molecule has 0 atom stereocenters. The zero-order valence-electron chi connectivity index (χ0n) is 61.0. The van der Waals surface area contributed by atoms with Crippen LogP contribution in [-0.2, 0) is 83.9 Å². The maximum absolute atomic E-state index is 7.59. The highest BCUT2D eigenvalue weighted by atomic mass is 16.5. The van der Waals surface area contributed by atoms with Crippen LogP contribution >= 0.6 is 0 Å². The monoisotopic (exact) mass is 1290 g/mol. The van der Waals surface area contributed by atoms with Crippen LogP contribution in [0, 0.1) is 0 Å². The molecule has 0 N–H and O–H groups in total. The lowest BCUT2D eigenvalue weighted by atomic mass is 9.79. The summed E-state index contributed by atoms with van der Waals surface area (Å²) in [6.07, 6.45) is 4.35. The molecule has 0 saturated carbocycles. The molecular weight excluding hydrogens is 1180 g/mol. The van der Waals surface area contributed by atoms with E-state index in [0.29, 0.717) is 104 Å². The summed E-state index contributed by atoms with van der Waals surface area (Å²) in [5.74, 6) is 6.89. The molecule has 14 rings (SSSR count). The molecule has 8 aromatic rings. The van der Waals surface area contributed by atoms with Crippen LogP contribution in [0.2, 0.25) is 0 Å². The summed E-state index contributed by atoms with van der Waals surface area (Å²) in [5.41, 5.74) is 23.5. The second-order valence-electron chi connectivity index (χ2n) is 34.3. The van der Waals surface area contributed by atoms with Crippen molar-refractivity contribution in [2.75, 3.05) is 52.9 Å². The van der Waals surface area contributed by atoms with Gasteiger partial charge in [0.1, 0.15) is 98.9 Å². The first kappa shape index (κ1) is 66.8. The molecule has 2 aliphatic carbocycles. The molecule has 0 saturated heterocycles. The van der Waals surface area contributed by atoms with E-state index in [0.717, 1.165) is 135 Å². The second kappa shape index (κ2) is 25.2. The molecule has 8 nitrogen and oxygen atoms in total. The molecule has 0 spiro atoms. The molecule has 0 unspecified atom stereocenters.